The van der Waals surface area contributed by atoms with Crippen molar-refractivity contribution in [2.24, 2.45) is 5.92 Å². The van der Waals surface area contributed by atoms with E-state index in [1.807, 2.05) is 0 Å². The fraction of sp³-hybridized carbons (Fsp3) is 0.647. The number of likely N-dealkylation sites (N-methyl/N-ethyl adjacent to an activating group) is 2. The lowest BCUT2D eigenvalue weighted by atomic mass is 9.98. The maximum atomic E-state index is 3.48. The van der Waals surface area contributed by atoms with E-state index in [4.69, 9.17) is 0 Å². The molecule has 0 radical (unpaired) electrons. The first-order chi connectivity index (χ1) is 9.13. The van der Waals surface area contributed by atoms with Crippen molar-refractivity contribution >= 4 is 0 Å². The van der Waals surface area contributed by atoms with Gasteiger partial charge < -0.3 is 5.32 Å². The molecule has 0 amide bonds. The molecule has 0 aliphatic rings. The van der Waals surface area contributed by atoms with Crippen LogP contribution in [0, 0.1) is 5.92 Å². The Kier molecular flexibility index (Phi) is 7.11. The first-order valence-electron chi connectivity index (χ1n) is 7.60. The minimum absolute atomic E-state index is 0.394. The van der Waals surface area contributed by atoms with E-state index >= 15 is 0 Å². The molecule has 2 nitrogen and oxygen atoms in total. The van der Waals surface area contributed by atoms with Gasteiger partial charge in [0.25, 0.3) is 0 Å². The third-order valence-electron chi connectivity index (χ3n) is 4.18. The molecule has 108 valence electrons. The summed E-state index contributed by atoms with van der Waals surface area (Å²) in [6.45, 7) is 11.5. The maximum absolute atomic E-state index is 3.48. The van der Waals surface area contributed by atoms with E-state index in [2.05, 4.69) is 75.3 Å². The molecule has 1 N–H and O–H groups in total. The Labute approximate surface area is 119 Å². The van der Waals surface area contributed by atoms with Crippen LogP contribution < -0.4 is 5.32 Å². The molecule has 0 bridgehead atoms. The molecule has 19 heavy (non-hydrogen) atoms. The van der Waals surface area contributed by atoms with Gasteiger partial charge in [0.2, 0.25) is 0 Å². The fourth-order valence-electron chi connectivity index (χ4n) is 2.67. The number of nitrogens with zero attached hydrogens (tertiary/aromatic N) is 1. The number of hydrogen-bond acceptors (Lipinski definition) is 2. The van der Waals surface area contributed by atoms with Crippen molar-refractivity contribution in [3.8, 4) is 0 Å². The molecule has 0 saturated heterocycles. The molecule has 1 rings (SSSR count). The summed E-state index contributed by atoms with van der Waals surface area (Å²) in [5, 5.41) is 3.48. The van der Waals surface area contributed by atoms with Crippen molar-refractivity contribution < 1.29 is 0 Å². The number of nitrogens with one attached hydrogen (secondary N) is 1. The average Bonchev–Trinajstić information content (AvgIpc) is 2.46. The van der Waals surface area contributed by atoms with E-state index in [-0.39, 0.29) is 0 Å². The molecule has 0 spiro atoms. The van der Waals surface area contributed by atoms with Crippen LogP contribution >= 0.6 is 0 Å². The smallest absolute Gasteiger partial charge is 0.0473 e. The predicted molar refractivity (Wildman–Crippen MR) is 84.4 cm³/mol. The van der Waals surface area contributed by atoms with Gasteiger partial charge in [0.1, 0.15) is 0 Å². The second-order valence-electron chi connectivity index (χ2n) is 5.52. The zero-order valence-corrected chi connectivity index (χ0v) is 13.2. The summed E-state index contributed by atoms with van der Waals surface area (Å²) in [6, 6.07) is 11.7. The van der Waals surface area contributed by atoms with Crippen molar-refractivity contribution in [2.75, 3.05) is 20.1 Å². The molecule has 0 heterocycles. The quantitative estimate of drug-likeness (QED) is 0.768. The van der Waals surface area contributed by atoms with Gasteiger partial charge in [-0.3, -0.25) is 4.90 Å². The van der Waals surface area contributed by atoms with E-state index in [1.54, 1.807) is 0 Å². The molecule has 0 aliphatic heterocycles. The molecule has 3 unspecified atom stereocenters. The standard InChI is InChI=1S/C17H30N2/c1-6-14(3)13-19(7-2)15(4)17(18-5)16-11-9-8-10-12-16/h8-12,14-15,17-18H,6-7,13H2,1-5H3. The van der Waals surface area contributed by atoms with Crippen LogP contribution in [0.15, 0.2) is 30.3 Å². The summed E-state index contributed by atoms with van der Waals surface area (Å²) in [5.74, 6) is 0.760. The maximum Gasteiger partial charge on any atom is 0.0473 e. The fourth-order valence-corrected chi connectivity index (χ4v) is 2.67. The van der Waals surface area contributed by atoms with Crippen LogP contribution in [0.25, 0.3) is 0 Å². The van der Waals surface area contributed by atoms with E-state index in [1.165, 1.54) is 18.5 Å². The van der Waals surface area contributed by atoms with Crippen LogP contribution in [-0.4, -0.2) is 31.1 Å². The molecular formula is C17H30N2. The average molecular weight is 262 g/mol. The van der Waals surface area contributed by atoms with Crippen LogP contribution in [-0.2, 0) is 0 Å². The zero-order chi connectivity index (χ0) is 14.3. The van der Waals surface area contributed by atoms with Crippen LogP contribution in [0.4, 0.5) is 0 Å². The molecule has 1 aromatic carbocycles. The lowest BCUT2D eigenvalue weighted by Gasteiger charge is -2.35. The minimum Gasteiger partial charge on any atom is -0.312 e. The Morgan fingerprint density at radius 2 is 1.74 bits per heavy atom. The monoisotopic (exact) mass is 262 g/mol. The topological polar surface area (TPSA) is 15.3 Å². The Morgan fingerprint density at radius 1 is 1.11 bits per heavy atom. The first-order valence-corrected chi connectivity index (χ1v) is 7.60. The second kappa shape index (κ2) is 8.34. The first kappa shape index (κ1) is 16.2. The van der Waals surface area contributed by atoms with Crippen LogP contribution in [0.5, 0.6) is 0 Å². The number of hydrogen-bond donors (Lipinski definition) is 1. The highest BCUT2D eigenvalue weighted by molar-refractivity contribution is 5.20. The Bertz CT molecular complexity index is 336. The van der Waals surface area contributed by atoms with Gasteiger partial charge in [-0.05, 0) is 32.0 Å². The molecule has 2 heteroatoms. The van der Waals surface area contributed by atoms with E-state index < -0.39 is 0 Å². The SMILES string of the molecule is CCC(C)CN(CC)C(C)C(NC)c1ccccc1. The highest BCUT2D eigenvalue weighted by atomic mass is 15.2. The lowest BCUT2D eigenvalue weighted by molar-refractivity contribution is 0.157. The molecule has 0 fully saturated rings. The predicted octanol–water partition coefficient (Wildman–Crippen LogP) is 3.70. The summed E-state index contributed by atoms with van der Waals surface area (Å²) < 4.78 is 0. The third-order valence-corrected chi connectivity index (χ3v) is 4.18. The molecular weight excluding hydrogens is 232 g/mol. The van der Waals surface area contributed by atoms with Crippen molar-refractivity contribution in [1.29, 1.82) is 0 Å². The van der Waals surface area contributed by atoms with Gasteiger partial charge in [-0.1, -0.05) is 57.5 Å². The van der Waals surface area contributed by atoms with Crippen molar-refractivity contribution in [1.82, 2.24) is 10.2 Å². The normalized spacial score (nSPS) is 16.3. The molecule has 3 atom stereocenters. The Hall–Kier alpha value is -0.860. The van der Waals surface area contributed by atoms with Gasteiger partial charge in [-0.15, -0.1) is 0 Å². The van der Waals surface area contributed by atoms with Gasteiger partial charge in [0.15, 0.2) is 0 Å². The van der Waals surface area contributed by atoms with Gasteiger partial charge in [0, 0.05) is 18.6 Å². The summed E-state index contributed by atoms with van der Waals surface area (Å²) in [5.41, 5.74) is 1.38. The van der Waals surface area contributed by atoms with Crippen molar-refractivity contribution in [3.63, 3.8) is 0 Å². The van der Waals surface area contributed by atoms with Crippen LogP contribution in [0.3, 0.4) is 0 Å². The minimum atomic E-state index is 0.394. The van der Waals surface area contributed by atoms with Crippen molar-refractivity contribution in [3.05, 3.63) is 35.9 Å². The van der Waals surface area contributed by atoms with E-state index in [0.717, 1.165) is 12.5 Å². The highest BCUT2D eigenvalue weighted by Crippen LogP contribution is 2.21. The van der Waals surface area contributed by atoms with Gasteiger partial charge >= 0.3 is 0 Å². The summed E-state index contributed by atoms with van der Waals surface area (Å²) >= 11 is 0. The summed E-state index contributed by atoms with van der Waals surface area (Å²) in [7, 11) is 2.06. The Balaban J connectivity index is 2.78. The van der Waals surface area contributed by atoms with Crippen molar-refractivity contribution in [2.45, 2.75) is 46.2 Å². The molecule has 0 saturated carbocycles. The molecule has 1 aromatic rings. The lowest BCUT2D eigenvalue weighted by Crippen LogP contribution is -2.43. The van der Waals surface area contributed by atoms with E-state index in [0.29, 0.717) is 12.1 Å². The largest absolute Gasteiger partial charge is 0.312 e. The Morgan fingerprint density at radius 3 is 2.21 bits per heavy atom. The number of rotatable bonds is 8. The van der Waals surface area contributed by atoms with E-state index in [9.17, 15) is 0 Å². The van der Waals surface area contributed by atoms with Crippen LogP contribution in [0.2, 0.25) is 0 Å². The summed E-state index contributed by atoms with van der Waals surface area (Å²) in [6.07, 6.45) is 1.25. The summed E-state index contributed by atoms with van der Waals surface area (Å²) in [4.78, 5) is 2.59. The zero-order valence-electron chi connectivity index (χ0n) is 13.2. The molecule has 0 aliphatic carbocycles. The van der Waals surface area contributed by atoms with Gasteiger partial charge in [0.05, 0.1) is 0 Å². The van der Waals surface area contributed by atoms with Crippen LogP contribution in [0.1, 0.15) is 45.7 Å². The second-order valence-corrected chi connectivity index (χ2v) is 5.52. The third kappa shape index (κ3) is 4.63. The number of benzene rings is 1. The van der Waals surface area contributed by atoms with Gasteiger partial charge in [-0.2, -0.15) is 0 Å². The van der Waals surface area contributed by atoms with Gasteiger partial charge in [-0.25, -0.2) is 0 Å². The highest BCUT2D eigenvalue weighted by Gasteiger charge is 2.23. The molecule has 0 aromatic heterocycles.